The standard InChI is InChI=1S/C15H18FN3O2/c1-20-14-5-10(4-13(16)12(14)6-17)15-8-19-3-2-18-7-11(19)9-21-15/h4-5,11,15,18H,2-3,7-9H2,1H3/t11-,15+/m1/s1. The van der Waals surface area contributed by atoms with Gasteiger partial charge in [0.25, 0.3) is 0 Å². The van der Waals surface area contributed by atoms with E-state index in [1.165, 1.54) is 13.2 Å². The second-order valence-corrected chi connectivity index (χ2v) is 5.37. The number of hydrogen-bond acceptors (Lipinski definition) is 5. The molecule has 0 aromatic heterocycles. The lowest BCUT2D eigenvalue weighted by Crippen LogP contribution is -2.57. The summed E-state index contributed by atoms with van der Waals surface area (Å²) in [5.41, 5.74) is 0.664. The molecule has 2 heterocycles. The van der Waals surface area contributed by atoms with Crippen LogP contribution < -0.4 is 10.1 Å². The van der Waals surface area contributed by atoms with Crippen LogP contribution in [0.1, 0.15) is 17.2 Å². The molecule has 3 rings (SSSR count). The molecule has 0 spiro atoms. The smallest absolute Gasteiger partial charge is 0.145 e. The Kier molecular flexibility index (Phi) is 4.06. The number of hydrogen-bond donors (Lipinski definition) is 1. The van der Waals surface area contributed by atoms with Crippen LogP contribution in [0.5, 0.6) is 5.75 Å². The molecule has 1 N–H and O–H groups in total. The molecule has 21 heavy (non-hydrogen) atoms. The van der Waals surface area contributed by atoms with Crippen LogP contribution in [-0.2, 0) is 4.74 Å². The fourth-order valence-electron chi connectivity index (χ4n) is 2.96. The van der Waals surface area contributed by atoms with Gasteiger partial charge in [-0.05, 0) is 17.7 Å². The van der Waals surface area contributed by atoms with E-state index < -0.39 is 5.82 Å². The van der Waals surface area contributed by atoms with E-state index in [0.29, 0.717) is 12.6 Å². The third-order valence-corrected chi connectivity index (χ3v) is 4.14. The van der Waals surface area contributed by atoms with E-state index in [1.54, 1.807) is 6.07 Å². The van der Waals surface area contributed by atoms with Gasteiger partial charge < -0.3 is 14.8 Å². The Morgan fingerprint density at radius 3 is 3.14 bits per heavy atom. The molecule has 2 aliphatic rings. The molecule has 1 aromatic carbocycles. The largest absolute Gasteiger partial charge is 0.495 e. The van der Waals surface area contributed by atoms with Crippen molar-refractivity contribution in [1.29, 1.82) is 5.26 Å². The average Bonchev–Trinajstić information content (AvgIpc) is 2.53. The molecule has 1 aromatic rings. The summed E-state index contributed by atoms with van der Waals surface area (Å²) >= 11 is 0. The summed E-state index contributed by atoms with van der Waals surface area (Å²) in [5, 5.41) is 12.3. The first kappa shape index (κ1) is 14.3. The second kappa shape index (κ2) is 5.98. The van der Waals surface area contributed by atoms with Gasteiger partial charge in [-0.3, -0.25) is 4.90 Å². The molecule has 0 amide bonds. The SMILES string of the molecule is COc1cc([C@@H]2CN3CCNC[C@@H]3CO2)cc(F)c1C#N. The van der Waals surface area contributed by atoms with Gasteiger partial charge in [-0.1, -0.05) is 0 Å². The van der Waals surface area contributed by atoms with E-state index >= 15 is 0 Å². The molecule has 5 nitrogen and oxygen atoms in total. The quantitative estimate of drug-likeness (QED) is 0.882. The highest BCUT2D eigenvalue weighted by Crippen LogP contribution is 2.31. The number of rotatable bonds is 2. The van der Waals surface area contributed by atoms with E-state index in [4.69, 9.17) is 14.7 Å². The fraction of sp³-hybridized carbons (Fsp3) is 0.533. The van der Waals surface area contributed by atoms with Crippen LogP contribution in [0, 0.1) is 17.1 Å². The first-order valence-electron chi connectivity index (χ1n) is 7.07. The van der Waals surface area contributed by atoms with Crippen LogP contribution in [0.2, 0.25) is 0 Å². The van der Waals surface area contributed by atoms with Crippen LogP contribution in [0.4, 0.5) is 4.39 Å². The van der Waals surface area contributed by atoms with E-state index in [-0.39, 0.29) is 17.4 Å². The lowest BCUT2D eigenvalue weighted by atomic mass is 10.0. The number of morpholine rings is 1. The maximum absolute atomic E-state index is 14.0. The number of nitrogens with one attached hydrogen (secondary N) is 1. The topological polar surface area (TPSA) is 57.5 Å². The molecule has 2 aliphatic heterocycles. The Bertz CT molecular complexity index is 573. The maximum Gasteiger partial charge on any atom is 0.145 e. The van der Waals surface area contributed by atoms with Gasteiger partial charge in [-0.15, -0.1) is 0 Å². The van der Waals surface area contributed by atoms with Crippen molar-refractivity contribution in [3.8, 4) is 11.8 Å². The zero-order valence-corrected chi connectivity index (χ0v) is 11.9. The summed E-state index contributed by atoms with van der Waals surface area (Å²) in [5.74, 6) is -0.295. The minimum Gasteiger partial charge on any atom is -0.495 e. The third kappa shape index (κ3) is 2.72. The number of piperazine rings is 1. The lowest BCUT2D eigenvalue weighted by molar-refractivity contribution is -0.0719. The molecular weight excluding hydrogens is 273 g/mol. The molecule has 2 saturated heterocycles. The lowest BCUT2D eigenvalue weighted by Gasteiger charge is -2.42. The summed E-state index contributed by atoms with van der Waals surface area (Å²) in [4.78, 5) is 2.37. The van der Waals surface area contributed by atoms with Crippen molar-refractivity contribution in [2.75, 3.05) is 39.9 Å². The van der Waals surface area contributed by atoms with Crippen molar-refractivity contribution in [3.05, 3.63) is 29.1 Å². The molecule has 0 unspecified atom stereocenters. The number of nitrogens with zero attached hydrogens (tertiary/aromatic N) is 2. The second-order valence-electron chi connectivity index (χ2n) is 5.37. The summed E-state index contributed by atoms with van der Waals surface area (Å²) in [6.07, 6.45) is -0.185. The van der Waals surface area contributed by atoms with Crippen LogP contribution in [0.15, 0.2) is 12.1 Å². The first-order chi connectivity index (χ1) is 10.2. The summed E-state index contributed by atoms with van der Waals surface area (Å²) in [6, 6.07) is 5.31. The van der Waals surface area contributed by atoms with Gasteiger partial charge in [-0.2, -0.15) is 5.26 Å². The number of ether oxygens (including phenoxy) is 2. The van der Waals surface area contributed by atoms with Crippen LogP contribution in [0.25, 0.3) is 0 Å². The summed E-state index contributed by atoms with van der Waals surface area (Å²) in [6.45, 7) is 4.23. The highest BCUT2D eigenvalue weighted by molar-refractivity contribution is 5.47. The van der Waals surface area contributed by atoms with Gasteiger partial charge in [0, 0.05) is 32.2 Å². The Morgan fingerprint density at radius 2 is 2.38 bits per heavy atom. The van der Waals surface area contributed by atoms with E-state index in [2.05, 4.69) is 10.2 Å². The number of nitriles is 1. The van der Waals surface area contributed by atoms with Crippen LogP contribution in [-0.4, -0.2) is 50.8 Å². The first-order valence-corrected chi connectivity index (χ1v) is 7.07. The molecular formula is C15H18FN3O2. The number of halogens is 1. The van der Waals surface area contributed by atoms with Gasteiger partial charge in [0.15, 0.2) is 0 Å². The molecule has 2 fully saturated rings. The van der Waals surface area contributed by atoms with E-state index in [9.17, 15) is 4.39 Å². The van der Waals surface area contributed by atoms with Gasteiger partial charge in [0.2, 0.25) is 0 Å². The monoisotopic (exact) mass is 291 g/mol. The van der Waals surface area contributed by atoms with Crippen molar-refractivity contribution in [1.82, 2.24) is 10.2 Å². The Balaban J connectivity index is 1.84. The zero-order chi connectivity index (χ0) is 14.8. The Morgan fingerprint density at radius 1 is 1.52 bits per heavy atom. The van der Waals surface area contributed by atoms with E-state index in [0.717, 1.165) is 31.7 Å². The normalized spacial score (nSPS) is 26.0. The third-order valence-electron chi connectivity index (χ3n) is 4.14. The Hall–Kier alpha value is -1.68. The highest BCUT2D eigenvalue weighted by atomic mass is 19.1. The molecule has 0 radical (unpaired) electrons. The number of methoxy groups -OCH3 is 1. The summed E-state index contributed by atoms with van der Waals surface area (Å²) in [7, 11) is 1.44. The van der Waals surface area contributed by atoms with Gasteiger partial charge in [-0.25, -0.2) is 4.39 Å². The van der Waals surface area contributed by atoms with E-state index in [1.807, 2.05) is 6.07 Å². The van der Waals surface area contributed by atoms with Crippen molar-refractivity contribution in [3.63, 3.8) is 0 Å². The van der Waals surface area contributed by atoms with Gasteiger partial charge in [0.05, 0.1) is 19.8 Å². The number of benzene rings is 1. The number of fused-ring (bicyclic) bond motifs is 1. The molecule has 0 saturated carbocycles. The highest BCUT2D eigenvalue weighted by Gasteiger charge is 2.32. The van der Waals surface area contributed by atoms with Crippen molar-refractivity contribution >= 4 is 0 Å². The van der Waals surface area contributed by atoms with Crippen LogP contribution >= 0.6 is 0 Å². The Labute approximate surface area is 123 Å². The van der Waals surface area contributed by atoms with Gasteiger partial charge in [0.1, 0.15) is 23.2 Å². The molecule has 6 heteroatoms. The predicted octanol–water partition coefficient (Wildman–Crippen LogP) is 1.05. The minimum absolute atomic E-state index is 0.0582. The minimum atomic E-state index is -0.558. The van der Waals surface area contributed by atoms with Crippen LogP contribution in [0.3, 0.4) is 0 Å². The molecule has 2 atom stereocenters. The fourth-order valence-corrected chi connectivity index (χ4v) is 2.96. The molecule has 0 bridgehead atoms. The average molecular weight is 291 g/mol. The maximum atomic E-state index is 14.0. The van der Waals surface area contributed by atoms with Gasteiger partial charge >= 0.3 is 0 Å². The molecule has 112 valence electrons. The predicted molar refractivity (Wildman–Crippen MR) is 74.6 cm³/mol. The van der Waals surface area contributed by atoms with Crippen molar-refractivity contribution in [2.45, 2.75) is 12.1 Å². The molecule has 0 aliphatic carbocycles. The van der Waals surface area contributed by atoms with Crippen molar-refractivity contribution in [2.24, 2.45) is 0 Å². The summed E-state index contributed by atoms with van der Waals surface area (Å²) < 4.78 is 25.0. The zero-order valence-electron chi connectivity index (χ0n) is 11.9. The van der Waals surface area contributed by atoms with Crippen molar-refractivity contribution < 1.29 is 13.9 Å².